The number of furan rings is 1. The molecule has 2 aromatic rings. The molecule has 0 spiro atoms. The summed E-state index contributed by atoms with van der Waals surface area (Å²) in [5.74, 6) is 0.235. The minimum Gasteiger partial charge on any atom is -0.451 e. The van der Waals surface area contributed by atoms with Crippen LogP contribution in [0.15, 0.2) is 34.7 Å². The topological polar surface area (TPSA) is 53.7 Å². The van der Waals surface area contributed by atoms with Crippen LogP contribution in [0.4, 0.5) is 0 Å². The zero-order valence-corrected chi connectivity index (χ0v) is 10.0. The van der Waals surface area contributed by atoms with Crippen LogP contribution < -0.4 is 0 Å². The molecular weight excluding hydrogens is 230 g/mol. The van der Waals surface area contributed by atoms with Crippen LogP contribution in [0.1, 0.15) is 23.4 Å². The molecular formula is C14H15NO3. The van der Waals surface area contributed by atoms with Crippen molar-refractivity contribution in [1.82, 2.24) is 4.90 Å². The number of carbonyl (C=O) groups excluding carboxylic acids is 1. The van der Waals surface area contributed by atoms with Gasteiger partial charge in [0.1, 0.15) is 5.58 Å². The van der Waals surface area contributed by atoms with Gasteiger partial charge in [0.2, 0.25) is 0 Å². The highest BCUT2D eigenvalue weighted by Gasteiger charge is 2.30. The lowest BCUT2D eigenvalue weighted by Crippen LogP contribution is -2.37. The normalized spacial score (nSPS) is 19.6. The van der Waals surface area contributed by atoms with Gasteiger partial charge >= 0.3 is 0 Å². The summed E-state index contributed by atoms with van der Waals surface area (Å²) in [5, 5.41) is 10.2. The van der Waals surface area contributed by atoms with E-state index in [1.165, 1.54) is 0 Å². The molecule has 3 rings (SSSR count). The molecule has 1 amide bonds. The number of benzene rings is 1. The molecule has 1 aliphatic rings. The van der Waals surface area contributed by atoms with Gasteiger partial charge in [0, 0.05) is 11.9 Å². The van der Waals surface area contributed by atoms with Crippen molar-refractivity contribution in [3.05, 3.63) is 36.1 Å². The SMILES string of the molecule is O=C(c1cc2ccccc2o1)N1CCC[C@@H]1CO. The number of likely N-dealkylation sites (tertiary alicyclic amines) is 1. The Hall–Kier alpha value is -1.81. The number of fused-ring (bicyclic) bond motifs is 1. The number of carbonyl (C=O) groups is 1. The molecule has 1 aliphatic heterocycles. The van der Waals surface area contributed by atoms with E-state index < -0.39 is 0 Å². The molecule has 4 heteroatoms. The average molecular weight is 245 g/mol. The average Bonchev–Trinajstić information content (AvgIpc) is 3.03. The molecule has 0 bridgehead atoms. The summed E-state index contributed by atoms with van der Waals surface area (Å²) in [7, 11) is 0. The number of amides is 1. The van der Waals surface area contributed by atoms with E-state index >= 15 is 0 Å². The highest BCUT2D eigenvalue weighted by atomic mass is 16.3. The van der Waals surface area contributed by atoms with Crippen LogP contribution in [0, 0.1) is 0 Å². The second kappa shape index (κ2) is 4.46. The van der Waals surface area contributed by atoms with E-state index in [-0.39, 0.29) is 18.6 Å². The maximum Gasteiger partial charge on any atom is 0.289 e. The van der Waals surface area contributed by atoms with Gasteiger partial charge in [0.05, 0.1) is 12.6 Å². The summed E-state index contributed by atoms with van der Waals surface area (Å²) in [4.78, 5) is 14.0. The van der Waals surface area contributed by atoms with Crippen LogP contribution in [-0.2, 0) is 0 Å². The summed E-state index contributed by atoms with van der Waals surface area (Å²) >= 11 is 0. The Morgan fingerprint density at radius 3 is 3.06 bits per heavy atom. The van der Waals surface area contributed by atoms with Gasteiger partial charge in [0.25, 0.3) is 5.91 Å². The van der Waals surface area contributed by atoms with Crippen LogP contribution in [0.5, 0.6) is 0 Å². The van der Waals surface area contributed by atoms with Gasteiger partial charge in [-0.2, -0.15) is 0 Å². The lowest BCUT2D eigenvalue weighted by molar-refractivity contribution is 0.0648. The highest BCUT2D eigenvalue weighted by Crippen LogP contribution is 2.24. The van der Waals surface area contributed by atoms with Crippen molar-refractivity contribution < 1.29 is 14.3 Å². The van der Waals surface area contributed by atoms with Gasteiger partial charge in [-0.05, 0) is 25.0 Å². The number of aliphatic hydroxyl groups is 1. The largest absolute Gasteiger partial charge is 0.451 e. The van der Waals surface area contributed by atoms with E-state index in [1.807, 2.05) is 24.3 Å². The van der Waals surface area contributed by atoms with Gasteiger partial charge < -0.3 is 14.4 Å². The number of aliphatic hydroxyl groups excluding tert-OH is 1. The molecule has 1 fully saturated rings. The monoisotopic (exact) mass is 245 g/mol. The summed E-state index contributed by atoms with van der Waals surface area (Å²) in [6, 6.07) is 9.27. The Balaban J connectivity index is 1.91. The summed E-state index contributed by atoms with van der Waals surface area (Å²) < 4.78 is 5.56. The van der Waals surface area contributed by atoms with E-state index in [0.29, 0.717) is 12.3 Å². The van der Waals surface area contributed by atoms with Crippen molar-refractivity contribution in [3.63, 3.8) is 0 Å². The van der Waals surface area contributed by atoms with Crippen molar-refractivity contribution in [2.24, 2.45) is 0 Å². The number of hydrogen-bond acceptors (Lipinski definition) is 3. The first-order valence-electron chi connectivity index (χ1n) is 6.20. The molecule has 4 nitrogen and oxygen atoms in total. The molecule has 1 N–H and O–H groups in total. The molecule has 94 valence electrons. The lowest BCUT2D eigenvalue weighted by Gasteiger charge is -2.21. The van der Waals surface area contributed by atoms with E-state index in [2.05, 4.69) is 0 Å². The van der Waals surface area contributed by atoms with Gasteiger partial charge in [-0.15, -0.1) is 0 Å². The zero-order chi connectivity index (χ0) is 12.5. The summed E-state index contributed by atoms with van der Waals surface area (Å²) in [6.45, 7) is 0.715. The summed E-state index contributed by atoms with van der Waals surface area (Å²) in [5.41, 5.74) is 0.723. The Labute approximate surface area is 105 Å². The van der Waals surface area contributed by atoms with Gasteiger partial charge in [-0.1, -0.05) is 18.2 Å². The minimum absolute atomic E-state index is 0.0198. The van der Waals surface area contributed by atoms with Crippen LogP contribution in [0.25, 0.3) is 11.0 Å². The molecule has 1 atom stereocenters. The van der Waals surface area contributed by atoms with Gasteiger partial charge in [-0.3, -0.25) is 4.79 Å². The number of hydrogen-bond donors (Lipinski definition) is 1. The van der Waals surface area contributed by atoms with Gasteiger partial charge in [0.15, 0.2) is 5.76 Å². The molecule has 0 radical (unpaired) electrons. The minimum atomic E-state index is -0.122. The standard InChI is InChI=1S/C14H15NO3/c16-9-11-5-3-7-15(11)14(17)13-8-10-4-1-2-6-12(10)18-13/h1-2,4,6,8,11,16H,3,5,7,9H2/t11-/m1/s1. The second-order valence-electron chi connectivity index (χ2n) is 4.63. The maximum absolute atomic E-state index is 12.3. The number of rotatable bonds is 2. The fraction of sp³-hybridized carbons (Fsp3) is 0.357. The van der Waals surface area contributed by atoms with Crippen LogP contribution >= 0.6 is 0 Å². The highest BCUT2D eigenvalue weighted by molar-refractivity contribution is 5.96. The van der Waals surface area contributed by atoms with E-state index in [9.17, 15) is 9.90 Å². The third kappa shape index (κ3) is 1.78. The molecule has 1 aromatic carbocycles. The Morgan fingerprint density at radius 2 is 2.28 bits per heavy atom. The first kappa shape index (κ1) is 11.3. The van der Waals surface area contributed by atoms with Crippen LogP contribution in [-0.4, -0.2) is 35.1 Å². The second-order valence-corrected chi connectivity index (χ2v) is 4.63. The Bertz CT molecular complexity index is 542. The summed E-state index contributed by atoms with van der Waals surface area (Å²) in [6.07, 6.45) is 1.81. The maximum atomic E-state index is 12.3. The molecule has 0 unspecified atom stereocenters. The number of para-hydroxylation sites is 1. The van der Waals surface area contributed by atoms with Crippen LogP contribution in [0.2, 0.25) is 0 Å². The van der Waals surface area contributed by atoms with E-state index in [0.717, 1.165) is 23.8 Å². The molecule has 18 heavy (non-hydrogen) atoms. The number of nitrogens with zero attached hydrogens (tertiary/aromatic N) is 1. The predicted octanol–water partition coefficient (Wildman–Crippen LogP) is 2.03. The fourth-order valence-corrected chi connectivity index (χ4v) is 2.52. The van der Waals surface area contributed by atoms with Crippen molar-refractivity contribution in [2.45, 2.75) is 18.9 Å². The quantitative estimate of drug-likeness (QED) is 0.880. The molecule has 1 saturated heterocycles. The van der Waals surface area contributed by atoms with Crippen LogP contribution in [0.3, 0.4) is 0 Å². The lowest BCUT2D eigenvalue weighted by atomic mass is 10.2. The molecule has 2 heterocycles. The van der Waals surface area contributed by atoms with Crippen molar-refractivity contribution in [2.75, 3.05) is 13.2 Å². The third-order valence-corrected chi connectivity index (χ3v) is 3.49. The first-order valence-corrected chi connectivity index (χ1v) is 6.20. The fourth-order valence-electron chi connectivity index (χ4n) is 2.52. The van der Waals surface area contributed by atoms with Crippen molar-refractivity contribution >= 4 is 16.9 Å². The third-order valence-electron chi connectivity index (χ3n) is 3.49. The smallest absolute Gasteiger partial charge is 0.289 e. The van der Waals surface area contributed by atoms with Gasteiger partial charge in [-0.25, -0.2) is 0 Å². The van der Waals surface area contributed by atoms with Crippen molar-refractivity contribution in [3.8, 4) is 0 Å². The predicted molar refractivity (Wildman–Crippen MR) is 67.4 cm³/mol. The molecule has 0 aliphatic carbocycles. The Morgan fingerprint density at radius 1 is 1.44 bits per heavy atom. The first-order chi connectivity index (χ1) is 8.79. The molecule has 0 saturated carbocycles. The van der Waals surface area contributed by atoms with E-state index in [1.54, 1.807) is 11.0 Å². The molecule has 1 aromatic heterocycles. The van der Waals surface area contributed by atoms with E-state index in [4.69, 9.17) is 4.42 Å². The zero-order valence-electron chi connectivity index (χ0n) is 10.0. The Kier molecular flexibility index (Phi) is 2.80. The van der Waals surface area contributed by atoms with Crippen molar-refractivity contribution in [1.29, 1.82) is 0 Å².